The molecule has 0 unspecified atom stereocenters. The van der Waals surface area contributed by atoms with E-state index in [1.807, 2.05) is 0 Å². The third kappa shape index (κ3) is 5.58. The van der Waals surface area contributed by atoms with Crippen LogP contribution in [0.4, 0.5) is 20.6 Å². The van der Waals surface area contributed by atoms with E-state index in [0.29, 0.717) is 21.9 Å². The molecule has 2 aromatic carbocycles. The number of benzene rings is 2. The van der Waals surface area contributed by atoms with E-state index in [-0.39, 0.29) is 11.6 Å². The van der Waals surface area contributed by atoms with Crippen molar-refractivity contribution in [3.05, 3.63) is 69.9 Å². The second-order valence-corrected chi connectivity index (χ2v) is 6.90. The van der Waals surface area contributed by atoms with Crippen LogP contribution in [0.5, 0.6) is 0 Å². The molecule has 0 fully saturated rings. The van der Waals surface area contributed by atoms with Crippen molar-refractivity contribution >= 4 is 40.6 Å². The molecule has 1 heterocycles. The normalized spacial score (nSPS) is 10.2. The van der Waals surface area contributed by atoms with Gasteiger partial charge in [-0.25, -0.2) is 14.0 Å². The molecule has 0 saturated carbocycles. The molecule has 0 atom stereocenters. The zero-order chi connectivity index (χ0) is 21.5. The number of aromatic nitrogens is 2. The number of halogens is 1. The average Bonchev–Trinajstić information content (AvgIpc) is 3.23. The van der Waals surface area contributed by atoms with Crippen molar-refractivity contribution in [1.29, 1.82) is 0 Å². The van der Waals surface area contributed by atoms with E-state index < -0.39 is 23.7 Å². The Kier molecular flexibility index (Phi) is 6.65. The Morgan fingerprint density at radius 2 is 1.80 bits per heavy atom. The van der Waals surface area contributed by atoms with Crippen LogP contribution >= 0.6 is 11.3 Å². The molecule has 3 N–H and O–H groups in total. The van der Waals surface area contributed by atoms with Crippen LogP contribution in [0.15, 0.2) is 48.5 Å². The molecule has 154 valence electrons. The van der Waals surface area contributed by atoms with Crippen molar-refractivity contribution in [2.45, 2.75) is 6.54 Å². The summed E-state index contributed by atoms with van der Waals surface area (Å²) in [5, 5.41) is 15.9. The van der Waals surface area contributed by atoms with Gasteiger partial charge in [0.15, 0.2) is 0 Å². The molecular weight excluding hydrogens is 413 g/mol. The van der Waals surface area contributed by atoms with Gasteiger partial charge in [0.1, 0.15) is 10.8 Å². The van der Waals surface area contributed by atoms with Crippen molar-refractivity contribution < 1.29 is 23.5 Å². The van der Waals surface area contributed by atoms with Gasteiger partial charge in [-0.1, -0.05) is 17.4 Å². The van der Waals surface area contributed by atoms with Crippen LogP contribution in [0.3, 0.4) is 0 Å². The van der Waals surface area contributed by atoms with Crippen LogP contribution in [0, 0.1) is 5.82 Å². The number of methoxy groups -OCH3 is 1. The predicted molar refractivity (Wildman–Crippen MR) is 108 cm³/mol. The van der Waals surface area contributed by atoms with E-state index in [0.717, 1.165) is 11.3 Å². The number of nitrogens with zero attached hydrogens (tertiary/aromatic N) is 2. The first-order valence-corrected chi connectivity index (χ1v) is 9.39. The molecule has 0 radical (unpaired) electrons. The highest BCUT2D eigenvalue weighted by Gasteiger charge is 2.14. The Hall–Kier alpha value is -3.86. The highest BCUT2D eigenvalue weighted by molar-refractivity contribution is 7.13. The van der Waals surface area contributed by atoms with Crippen molar-refractivity contribution in [3.8, 4) is 0 Å². The Bertz CT molecular complexity index is 1070. The van der Waals surface area contributed by atoms with E-state index >= 15 is 0 Å². The van der Waals surface area contributed by atoms with E-state index in [9.17, 15) is 18.8 Å². The molecule has 0 saturated heterocycles. The molecule has 3 rings (SSSR count). The minimum atomic E-state index is -0.524. The number of hydrogen-bond donors (Lipinski definition) is 3. The topological polar surface area (TPSA) is 122 Å². The maximum atomic E-state index is 12.9. The number of nitrogens with one attached hydrogen (secondary N) is 3. The van der Waals surface area contributed by atoms with Crippen molar-refractivity contribution in [1.82, 2.24) is 15.5 Å². The monoisotopic (exact) mass is 429 g/mol. The molecule has 0 spiro atoms. The quantitative estimate of drug-likeness (QED) is 0.518. The number of esters is 1. The van der Waals surface area contributed by atoms with Gasteiger partial charge in [0.25, 0.3) is 5.91 Å². The average molecular weight is 429 g/mol. The zero-order valence-corrected chi connectivity index (χ0v) is 16.5. The molecule has 1 aromatic heterocycles. The van der Waals surface area contributed by atoms with Gasteiger partial charge in [-0.05, 0) is 42.5 Å². The smallest absolute Gasteiger partial charge is 0.337 e. The number of carbonyl (C=O) groups excluding carboxylic acids is 3. The summed E-state index contributed by atoms with van der Waals surface area (Å²) >= 11 is 1.01. The Labute approximate surface area is 174 Å². The van der Waals surface area contributed by atoms with Crippen LogP contribution in [0.1, 0.15) is 25.2 Å². The van der Waals surface area contributed by atoms with Gasteiger partial charge in [-0.15, -0.1) is 10.2 Å². The fourth-order valence-corrected chi connectivity index (χ4v) is 2.98. The minimum absolute atomic E-state index is 0.0457. The lowest BCUT2D eigenvalue weighted by molar-refractivity contribution is 0.0600. The van der Waals surface area contributed by atoms with Gasteiger partial charge < -0.3 is 20.7 Å². The summed E-state index contributed by atoms with van der Waals surface area (Å²) < 4.78 is 17.6. The van der Waals surface area contributed by atoms with E-state index in [4.69, 9.17) is 0 Å². The SMILES string of the molecule is COC(=O)c1cccc(NC(=O)NCc2nnc(C(=O)Nc3ccc(F)cc3)s2)c1. The number of hydrogen-bond acceptors (Lipinski definition) is 7. The Morgan fingerprint density at radius 3 is 2.53 bits per heavy atom. The lowest BCUT2D eigenvalue weighted by atomic mass is 10.2. The van der Waals surface area contributed by atoms with Gasteiger partial charge in [0.2, 0.25) is 5.01 Å². The van der Waals surface area contributed by atoms with Crippen LogP contribution in [0.25, 0.3) is 0 Å². The van der Waals surface area contributed by atoms with Crippen LogP contribution in [-0.4, -0.2) is 35.2 Å². The first-order valence-electron chi connectivity index (χ1n) is 8.57. The molecular formula is C19H16FN5O4S. The first-order chi connectivity index (χ1) is 14.4. The number of anilines is 2. The van der Waals surface area contributed by atoms with Crippen molar-refractivity contribution in [2.24, 2.45) is 0 Å². The number of ether oxygens (including phenoxy) is 1. The predicted octanol–water partition coefficient (Wildman–Crippen LogP) is 3.04. The summed E-state index contributed by atoms with van der Waals surface area (Å²) in [6.07, 6.45) is 0. The summed E-state index contributed by atoms with van der Waals surface area (Å²) in [6, 6.07) is 11.1. The lowest BCUT2D eigenvalue weighted by Crippen LogP contribution is -2.28. The number of urea groups is 1. The van der Waals surface area contributed by atoms with Gasteiger partial charge in [-0.2, -0.15) is 0 Å². The fourth-order valence-electron chi connectivity index (χ4n) is 2.31. The summed E-state index contributed by atoms with van der Waals surface area (Å²) in [4.78, 5) is 35.8. The summed E-state index contributed by atoms with van der Waals surface area (Å²) in [5.41, 5.74) is 1.13. The van der Waals surface area contributed by atoms with Crippen molar-refractivity contribution in [2.75, 3.05) is 17.7 Å². The minimum Gasteiger partial charge on any atom is -0.465 e. The molecule has 0 bridgehead atoms. The summed E-state index contributed by atoms with van der Waals surface area (Å²) in [6.45, 7) is 0.0457. The third-order valence-corrected chi connectivity index (χ3v) is 4.63. The molecule has 11 heteroatoms. The van der Waals surface area contributed by atoms with Gasteiger partial charge >= 0.3 is 12.0 Å². The molecule has 0 aliphatic rings. The third-order valence-electron chi connectivity index (χ3n) is 3.70. The largest absolute Gasteiger partial charge is 0.465 e. The number of amides is 3. The van der Waals surface area contributed by atoms with Crippen LogP contribution in [0.2, 0.25) is 0 Å². The second-order valence-electron chi connectivity index (χ2n) is 5.84. The van der Waals surface area contributed by atoms with Gasteiger partial charge in [0, 0.05) is 11.4 Å². The van der Waals surface area contributed by atoms with Gasteiger partial charge in [-0.3, -0.25) is 4.79 Å². The number of rotatable bonds is 6. The second kappa shape index (κ2) is 9.56. The maximum absolute atomic E-state index is 12.9. The highest BCUT2D eigenvalue weighted by atomic mass is 32.1. The zero-order valence-electron chi connectivity index (χ0n) is 15.6. The molecule has 3 amide bonds. The van der Waals surface area contributed by atoms with Crippen LogP contribution in [-0.2, 0) is 11.3 Å². The Morgan fingerprint density at radius 1 is 1.03 bits per heavy atom. The molecule has 3 aromatic rings. The Balaban J connectivity index is 1.52. The number of carbonyl (C=O) groups is 3. The van der Waals surface area contributed by atoms with E-state index in [1.165, 1.54) is 37.4 Å². The first kappa shape index (κ1) is 20.9. The maximum Gasteiger partial charge on any atom is 0.337 e. The van der Waals surface area contributed by atoms with Crippen LogP contribution < -0.4 is 16.0 Å². The van der Waals surface area contributed by atoms with Gasteiger partial charge in [0.05, 0.1) is 19.2 Å². The summed E-state index contributed by atoms with van der Waals surface area (Å²) in [7, 11) is 1.27. The molecule has 0 aliphatic carbocycles. The lowest BCUT2D eigenvalue weighted by Gasteiger charge is -2.07. The van der Waals surface area contributed by atoms with E-state index in [2.05, 4.69) is 30.9 Å². The highest BCUT2D eigenvalue weighted by Crippen LogP contribution is 2.15. The van der Waals surface area contributed by atoms with Crippen molar-refractivity contribution in [3.63, 3.8) is 0 Å². The standard InChI is InChI=1S/C19H16FN5O4S/c1-29-18(27)11-3-2-4-14(9-11)23-19(28)21-10-15-24-25-17(30-15)16(26)22-13-7-5-12(20)6-8-13/h2-9H,10H2,1H3,(H,22,26)(H2,21,23,28). The molecule has 30 heavy (non-hydrogen) atoms. The summed E-state index contributed by atoms with van der Waals surface area (Å²) in [5.74, 6) is -1.42. The molecule has 9 nitrogen and oxygen atoms in total. The molecule has 0 aliphatic heterocycles. The van der Waals surface area contributed by atoms with E-state index in [1.54, 1.807) is 18.2 Å². The fraction of sp³-hybridized carbons (Fsp3) is 0.105.